The lowest BCUT2D eigenvalue weighted by molar-refractivity contribution is -0.142. The smallest absolute Gasteiger partial charge is 0.416 e. The predicted molar refractivity (Wildman–Crippen MR) is 134 cm³/mol. The highest BCUT2D eigenvalue weighted by Crippen LogP contribution is 2.43. The summed E-state index contributed by atoms with van der Waals surface area (Å²) in [5.41, 5.74) is 2.20. The van der Waals surface area contributed by atoms with Gasteiger partial charge in [-0.05, 0) is 65.6 Å². The highest BCUT2D eigenvalue weighted by Gasteiger charge is 2.38. The molecule has 1 aliphatic rings. The van der Waals surface area contributed by atoms with Crippen molar-refractivity contribution in [3.05, 3.63) is 83.2 Å². The number of esters is 1. The summed E-state index contributed by atoms with van der Waals surface area (Å²) in [6, 6.07) is 14.4. The van der Waals surface area contributed by atoms with Crippen LogP contribution in [-0.2, 0) is 32.3 Å². The van der Waals surface area contributed by atoms with E-state index in [0.29, 0.717) is 23.4 Å². The summed E-state index contributed by atoms with van der Waals surface area (Å²) >= 11 is 0. The molecule has 0 saturated heterocycles. The molecule has 0 atom stereocenters. The Morgan fingerprint density at radius 2 is 1.66 bits per heavy atom. The molecule has 0 bridgehead atoms. The number of benzene rings is 3. The van der Waals surface area contributed by atoms with E-state index in [1.807, 2.05) is 19.9 Å². The maximum absolute atomic E-state index is 14.5. The first kappa shape index (κ1) is 27.2. The van der Waals surface area contributed by atoms with E-state index >= 15 is 0 Å². The monoisotopic (exact) mass is 529 g/mol. The SMILES string of the molecule is CCOC(=O)Cc1ccc(OCC(=O)N2CC(C)(C)c3cc(-c4ccc(C(F)(F)F)cc4)ccc32)c(F)c1. The number of ether oxygens (including phenoxy) is 2. The van der Waals surface area contributed by atoms with Gasteiger partial charge in [0.1, 0.15) is 0 Å². The number of hydrogen-bond acceptors (Lipinski definition) is 4. The van der Waals surface area contributed by atoms with E-state index in [1.165, 1.54) is 30.3 Å². The maximum Gasteiger partial charge on any atom is 0.416 e. The van der Waals surface area contributed by atoms with Crippen molar-refractivity contribution < 1.29 is 36.6 Å². The Labute approximate surface area is 218 Å². The van der Waals surface area contributed by atoms with Crippen LogP contribution < -0.4 is 9.64 Å². The zero-order valence-corrected chi connectivity index (χ0v) is 21.2. The Kier molecular flexibility index (Phi) is 7.49. The summed E-state index contributed by atoms with van der Waals surface area (Å²) < 4.78 is 63.6. The van der Waals surface area contributed by atoms with Gasteiger partial charge in [0.2, 0.25) is 0 Å². The molecule has 3 aromatic rings. The Bertz CT molecular complexity index is 1350. The lowest BCUT2D eigenvalue weighted by atomic mass is 9.85. The number of nitrogens with zero attached hydrogens (tertiary/aromatic N) is 1. The molecule has 4 rings (SSSR count). The summed E-state index contributed by atoms with van der Waals surface area (Å²) in [7, 11) is 0. The quantitative estimate of drug-likeness (QED) is 0.266. The Morgan fingerprint density at radius 3 is 2.29 bits per heavy atom. The minimum atomic E-state index is -4.41. The first-order valence-electron chi connectivity index (χ1n) is 12.1. The van der Waals surface area contributed by atoms with Crippen molar-refractivity contribution in [1.29, 1.82) is 0 Å². The number of halogens is 4. The predicted octanol–water partition coefficient (Wildman–Crippen LogP) is 6.32. The molecule has 0 unspecified atom stereocenters. The Hall–Kier alpha value is -3.88. The Balaban J connectivity index is 1.47. The fourth-order valence-electron chi connectivity index (χ4n) is 4.50. The molecule has 5 nitrogen and oxygen atoms in total. The van der Waals surface area contributed by atoms with E-state index in [9.17, 15) is 27.2 Å². The maximum atomic E-state index is 14.5. The molecule has 1 heterocycles. The molecule has 0 fully saturated rings. The average Bonchev–Trinajstić information content (AvgIpc) is 3.13. The van der Waals surface area contributed by atoms with Crippen LogP contribution in [0.4, 0.5) is 23.2 Å². The molecule has 0 aromatic heterocycles. The van der Waals surface area contributed by atoms with E-state index in [0.717, 1.165) is 23.3 Å². The molecule has 1 aliphatic heterocycles. The van der Waals surface area contributed by atoms with E-state index in [2.05, 4.69) is 0 Å². The largest absolute Gasteiger partial charge is 0.481 e. The van der Waals surface area contributed by atoms with Gasteiger partial charge in [-0.2, -0.15) is 13.2 Å². The topological polar surface area (TPSA) is 55.8 Å². The minimum absolute atomic E-state index is 0.0714. The van der Waals surface area contributed by atoms with Gasteiger partial charge in [-0.1, -0.05) is 38.1 Å². The fraction of sp³-hybridized carbons (Fsp3) is 0.310. The van der Waals surface area contributed by atoms with Crippen LogP contribution in [0.2, 0.25) is 0 Å². The van der Waals surface area contributed by atoms with E-state index < -0.39 is 35.5 Å². The molecule has 200 valence electrons. The fourth-order valence-corrected chi connectivity index (χ4v) is 4.50. The molecule has 1 amide bonds. The van der Waals surface area contributed by atoms with Crippen molar-refractivity contribution >= 4 is 17.6 Å². The third-order valence-electron chi connectivity index (χ3n) is 6.42. The van der Waals surface area contributed by atoms with Crippen LogP contribution in [-0.4, -0.2) is 31.6 Å². The van der Waals surface area contributed by atoms with Crippen molar-refractivity contribution in [3.8, 4) is 16.9 Å². The average molecular weight is 530 g/mol. The third-order valence-corrected chi connectivity index (χ3v) is 6.42. The lowest BCUT2D eigenvalue weighted by Crippen LogP contribution is -2.37. The number of carbonyl (C=O) groups excluding carboxylic acids is 2. The standard InChI is InChI=1S/C29H27F4NO4/c1-4-37-27(36)14-18-5-12-25(23(30)13-18)38-16-26(35)34-17-28(2,3)22-15-20(8-11-24(22)34)19-6-9-21(10-7-19)29(31,32)33/h5-13,15H,4,14,16-17H2,1-3H3. The van der Waals surface area contributed by atoms with Crippen LogP contribution in [0.1, 0.15) is 37.5 Å². The van der Waals surface area contributed by atoms with Crippen molar-refractivity contribution in [2.45, 2.75) is 38.8 Å². The van der Waals surface area contributed by atoms with Crippen LogP contribution in [0.3, 0.4) is 0 Å². The molecule has 0 radical (unpaired) electrons. The minimum Gasteiger partial charge on any atom is -0.481 e. The zero-order valence-electron chi connectivity index (χ0n) is 21.2. The second kappa shape index (κ2) is 10.5. The number of fused-ring (bicyclic) bond motifs is 1. The molecule has 3 aromatic carbocycles. The molecule has 0 saturated carbocycles. The van der Waals surface area contributed by atoms with Crippen LogP contribution >= 0.6 is 0 Å². The number of alkyl halides is 3. The van der Waals surface area contributed by atoms with Gasteiger partial charge in [-0.15, -0.1) is 0 Å². The van der Waals surface area contributed by atoms with Crippen molar-refractivity contribution in [2.24, 2.45) is 0 Å². The van der Waals surface area contributed by atoms with Gasteiger partial charge in [-0.25, -0.2) is 4.39 Å². The summed E-state index contributed by atoms with van der Waals surface area (Å²) in [6.45, 7) is 5.82. The van der Waals surface area contributed by atoms with Crippen LogP contribution in [0, 0.1) is 5.82 Å². The van der Waals surface area contributed by atoms with Gasteiger partial charge in [0.25, 0.3) is 5.91 Å². The van der Waals surface area contributed by atoms with Gasteiger partial charge in [0.15, 0.2) is 18.2 Å². The number of rotatable bonds is 7. The third kappa shape index (κ3) is 5.82. The lowest BCUT2D eigenvalue weighted by Gasteiger charge is -2.21. The van der Waals surface area contributed by atoms with Crippen molar-refractivity contribution in [2.75, 3.05) is 24.7 Å². The van der Waals surface area contributed by atoms with Crippen molar-refractivity contribution in [1.82, 2.24) is 0 Å². The molecule has 0 aliphatic carbocycles. The van der Waals surface area contributed by atoms with E-state index in [4.69, 9.17) is 9.47 Å². The highest BCUT2D eigenvalue weighted by molar-refractivity contribution is 5.97. The number of carbonyl (C=O) groups is 2. The second-order valence-corrected chi connectivity index (χ2v) is 9.71. The van der Waals surface area contributed by atoms with Crippen LogP contribution in [0.25, 0.3) is 11.1 Å². The van der Waals surface area contributed by atoms with Gasteiger partial charge < -0.3 is 14.4 Å². The van der Waals surface area contributed by atoms with Crippen LogP contribution in [0.5, 0.6) is 5.75 Å². The van der Waals surface area contributed by atoms with Gasteiger partial charge >= 0.3 is 12.1 Å². The molecule has 0 spiro atoms. The van der Waals surface area contributed by atoms with Gasteiger partial charge in [0.05, 0.1) is 18.6 Å². The first-order chi connectivity index (χ1) is 17.9. The molecular weight excluding hydrogens is 502 g/mol. The highest BCUT2D eigenvalue weighted by atomic mass is 19.4. The zero-order chi connectivity index (χ0) is 27.7. The number of anilines is 1. The molecule has 38 heavy (non-hydrogen) atoms. The van der Waals surface area contributed by atoms with Gasteiger partial charge in [0, 0.05) is 17.6 Å². The second-order valence-electron chi connectivity index (χ2n) is 9.71. The summed E-state index contributed by atoms with van der Waals surface area (Å²) in [4.78, 5) is 26.2. The van der Waals surface area contributed by atoms with Gasteiger partial charge in [-0.3, -0.25) is 9.59 Å². The number of amides is 1. The Morgan fingerprint density at radius 1 is 0.974 bits per heavy atom. The molecule has 0 N–H and O–H groups in total. The first-order valence-corrected chi connectivity index (χ1v) is 12.1. The molecule has 9 heteroatoms. The normalized spacial score (nSPS) is 14.2. The number of hydrogen-bond donors (Lipinski definition) is 0. The summed E-state index contributed by atoms with van der Waals surface area (Å²) in [6.07, 6.45) is -4.48. The van der Waals surface area contributed by atoms with E-state index in [-0.39, 0.29) is 24.7 Å². The van der Waals surface area contributed by atoms with E-state index in [1.54, 1.807) is 24.0 Å². The molecular formula is C29H27F4NO4. The summed E-state index contributed by atoms with van der Waals surface area (Å²) in [5.74, 6) is -1.63. The van der Waals surface area contributed by atoms with Crippen LogP contribution in [0.15, 0.2) is 60.7 Å². The van der Waals surface area contributed by atoms with Crippen molar-refractivity contribution in [3.63, 3.8) is 0 Å². The summed E-state index contributed by atoms with van der Waals surface area (Å²) in [5, 5.41) is 0.